The van der Waals surface area contributed by atoms with E-state index in [1.807, 2.05) is 31.3 Å². The maximum Gasteiger partial charge on any atom is 0.222 e. The molecule has 1 atom stereocenters. The normalized spacial score (nSPS) is 18.6. The first-order chi connectivity index (χ1) is 10.6. The van der Waals surface area contributed by atoms with Crippen LogP contribution in [0.2, 0.25) is 0 Å². The zero-order chi connectivity index (χ0) is 15.9. The van der Waals surface area contributed by atoms with Crippen LogP contribution in [-0.2, 0) is 18.3 Å². The highest BCUT2D eigenvalue weighted by molar-refractivity contribution is 5.80. The fourth-order valence-corrected chi connectivity index (χ4v) is 2.64. The van der Waals surface area contributed by atoms with E-state index in [1.54, 1.807) is 11.7 Å². The molecule has 7 nitrogen and oxygen atoms in total. The van der Waals surface area contributed by atoms with Gasteiger partial charge in [0, 0.05) is 52.4 Å². The van der Waals surface area contributed by atoms with Gasteiger partial charge in [0.2, 0.25) is 5.91 Å². The molecule has 0 saturated carbocycles. The number of nitrogens with zero attached hydrogens (tertiary/aromatic N) is 4. The molecular weight excluding hydrogens is 280 g/mol. The van der Waals surface area contributed by atoms with Crippen LogP contribution in [-0.4, -0.2) is 59.3 Å². The van der Waals surface area contributed by atoms with Gasteiger partial charge in [0.05, 0.1) is 6.20 Å². The summed E-state index contributed by atoms with van der Waals surface area (Å²) in [7, 11) is 3.68. The molecule has 1 aliphatic heterocycles. The van der Waals surface area contributed by atoms with Crippen molar-refractivity contribution in [3.8, 4) is 0 Å². The predicted molar refractivity (Wildman–Crippen MR) is 86.7 cm³/mol. The van der Waals surface area contributed by atoms with Crippen LogP contribution in [0.4, 0.5) is 0 Å². The molecule has 1 aromatic rings. The molecular formula is C15H26N6O. The molecule has 1 amide bonds. The van der Waals surface area contributed by atoms with Crippen molar-refractivity contribution in [2.75, 3.05) is 26.7 Å². The van der Waals surface area contributed by atoms with Gasteiger partial charge in [0.15, 0.2) is 5.96 Å². The number of carbonyl (C=O) groups is 1. The average molecular weight is 306 g/mol. The Morgan fingerprint density at radius 2 is 2.36 bits per heavy atom. The molecule has 1 fully saturated rings. The van der Waals surface area contributed by atoms with Crippen molar-refractivity contribution < 1.29 is 4.79 Å². The molecule has 22 heavy (non-hydrogen) atoms. The van der Waals surface area contributed by atoms with Crippen molar-refractivity contribution in [3.05, 3.63) is 18.0 Å². The lowest BCUT2D eigenvalue weighted by Crippen LogP contribution is -2.45. The van der Waals surface area contributed by atoms with E-state index < -0.39 is 0 Å². The Labute approximate surface area is 131 Å². The second-order valence-corrected chi connectivity index (χ2v) is 5.59. The van der Waals surface area contributed by atoms with Gasteiger partial charge in [-0.2, -0.15) is 5.10 Å². The third-order valence-electron chi connectivity index (χ3n) is 3.87. The van der Waals surface area contributed by atoms with Crippen LogP contribution in [0.3, 0.4) is 0 Å². The second kappa shape index (κ2) is 7.82. The van der Waals surface area contributed by atoms with Gasteiger partial charge >= 0.3 is 0 Å². The summed E-state index contributed by atoms with van der Waals surface area (Å²) in [6, 6.07) is 0.278. The first-order valence-corrected chi connectivity index (χ1v) is 7.84. The van der Waals surface area contributed by atoms with Crippen molar-refractivity contribution in [1.29, 1.82) is 0 Å². The largest absolute Gasteiger partial charge is 0.356 e. The van der Waals surface area contributed by atoms with Crippen molar-refractivity contribution in [2.45, 2.75) is 32.2 Å². The Hall–Kier alpha value is -2.05. The first kappa shape index (κ1) is 16.3. The number of amides is 1. The molecule has 1 unspecified atom stereocenters. The van der Waals surface area contributed by atoms with E-state index >= 15 is 0 Å². The lowest BCUT2D eigenvalue weighted by molar-refractivity contribution is -0.129. The number of guanidine groups is 1. The fourth-order valence-electron chi connectivity index (χ4n) is 2.64. The third kappa shape index (κ3) is 4.47. The highest BCUT2D eigenvalue weighted by Crippen LogP contribution is 2.10. The molecule has 0 aromatic carbocycles. The molecule has 7 heteroatoms. The Morgan fingerprint density at radius 3 is 3.00 bits per heavy atom. The van der Waals surface area contributed by atoms with Crippen LogP contribution in [0.25, 0.3) is 0 Å². The summed E-state index contributed by atoms with van der Waals surface area (Å²) in [4.78, 5) is 17.9. The number of hydrogen-bond donors (Lipinski definition) is 2. The van der Waals surface area contributed by atoms with E-state index in [9.17, 15) is 4.79 Å². The molecule has 0 bridgehead atoms. The Morgan fingerprint density at radius 1 is 1.55 bits per heavy atom. The van der Waals surface area contributed by atoms with Gasteiger partial charge in [-0.05, 0) is 18.4 Å². The Bertz CT molecular complexity index is 524. The van der Waals surface area contributed by atoms with Crippen LogP contribution >= 0.6 is 0 Å². The van der Waals surface area contributed by atoms with E-state index in [-0.39, 0.29) is 11.9 Å². The molecule has 122 valence electrons. The highest BCUT2D eigenvalue weighted by atomic mass is 16.2. The summed E-state index contributed by atoms with van der Waals surface area (Å²) >= 11 is 0. The summed E-state index contributed by atoms with van der Waals surface area (Å²) in [5, 5.41) is 10.9. The maximum absolute atomic E-state index is 11.7. The molecule has 2 rings (SSSR count). The zero-order valence-electron chi connectivity index (χ0n) is 13.7. The van der Waals surface area contributed by atoms with E-state index in [0.717, 1.165) is 38.4 Å². The van der Waals surface area contributed by atoms with Gasteiger partial charge in [-0.25, -0.2) is 0 Å². The summed E-state index contributed by atoms with van der Waals surface area (Å²) in [6.07, 6.45) is 6.34. The Balaban J connectivity index is 1.72. The van der Waals surface area contributed by atoms with Crippen LogP contribution in [0, 0.1) is 0 Å². The minimum Gasteiger partial charge on any atom is -0.356 e. The minimum atomic E-state index is 0.226. The molecule has 1 saturated heterocycles. The maximum atomic E-state index is 11.7. The Kier molecular flexibility index (Phi) is 5.80. The summed E-state index contributed by atoms with van der Waals surface area (Å²) < 4.78 is 1.81. The molecule has 0 radical (unpaired) electrons. The summed E-state index contributed by atoms with van der Waals surface area (Å²) in [5.41, 5.74) is 1.20. The predicted octanol–water partition coefficient (Wildman–Crippen LogP) is 0.139. The zero-order valence-corrected chi connectivity index (χ0v) is 13.7. The smallest absolute Gasteiger partial charge is 0.222 e. The summed E-state index contributed by atoms with van der Waals surface area (Å²) in [6.45, 7) is 4.30. The van der Waals surface area contributed by atoms with E-state index in [2.05, 4.69) is 20.7 Å². The lowest BCUT2D eigenvalue weighted by atomic mass is 10.2. The van der Waals surface area contributed by atoms with Gasteiger partial charge in [-0.15, -0.1) is 0 Å². The van der Waals surface area contributed by atoms with E-state index in [4.69, 9.17) is 0 Å². The van der Waals surface area contributed by atoms with Gasteiger partial charge in [-0.3, -0.25) is 14.5 Å². The first-order valence-electron chi connectivity index (χ1n) is 7.84. The average Bonchev–Trinajstić information content (AvgIpc) is 3.14. The van der Waals surface area contributed by atoms with Crippen molar-refractivity contribution in [1.82, 2.24) is 25.3 Å². The van der Waals surface area contributed by atoms with Gasteiger partial charge < -0.3 is 15.5 Å². The lowest BCUT2D eigenvalue weighted by Gasteiger charge is -2.18. The number of aryl methyl sites for hydroxylation is 1. The SMILES string of the molecule is CCC(=O)N1CCC(NC(=NC)NCCc2cnn(C)c2)C1. The van der Waals surface area contributed by atoms with E-state index in [1.165, 1.54) is 5.56 Å². The van der Waals surface area contributed by atoms with Gasteiger partial charge in [0.25, 0.3) is 0 Å². The number of nitrogens with one attached hydrogen (secondary N) is 2. The van der Waals surface area contributed by atoms with Crippen LogP contribution in [0.1, 0.15) is 25.3 Å². The topological polar surface area (TPSA) is 74.6 Å². The molecule has 2 heterocycles. The minimum absolute atomic E-state index is 0.226. The standard InChI is InChI=1S/C15H26N6O/c1-4-14(22)21-8-6-13(11-21)19-15(16-2)17-7-5-12-9-18-20(3)10-12/h9-10,13H,4-8,11H2,1-3H3,(H2,16,17,19). The molecule has 2 N–H and O–H groups in total. The summed E-state index contributed by atoms with van der Waals surface area (Å²) in [5.74, 6) is 1.02. The molecule has 0 spiro atoms. The number of carbonyl (C=O) groups excluding carboxylic acids is 1. The van der Waals surface area contributed by atoms with Crippen molar-refractivity contribution in [3.63, 3.8) is 0 Å². The molecule has 0 aliphatic carbocycles. The van der Waals surface area contributed by atoms with Crippen molar-refractivity contribution >= 4 is 11.9 Å². The number of rotatable bonds is 5. The quantitative estimate of drug-likeness (QED) is 0.599. The molecule has 1 aliphatic rings. The van der Waals surface area contributed by atoms with Crippen LogP contribution < -0.4 is 10.6 Å². The van der Waals surface area contributed by atoms with E-state index in [0.29, 0.717) is 6.42 Å². The monoisotopic (exact) mass is 306 g/mol. The fraction of sp³-hybridized carbons (Fsp3) is 0.667. The van der Waals surface area contributed by atoms with Crippen LogP contribution in [0.15, 0.2) is 17.4 Å². The van der Waals surface area contributed by atoms with Crippen molar-refractivity contribution in [2.24, 2.45) is 12.0 Å². The number of hydrogen-bond acceptors (Lipinski definition) is 3. The number of likely N-dealkylation sites (tertiary alicyclic amines) is 1. The second-order valence-electron chi connectivity index (χ2n) is 5.59. The number of aliphatic imine (C=N–C) groups is 1. The number of aromatic nitrogens is 2. The highest BCUT2D eigenvalue weighted by Gasteiger charge is 2.25. The molecule has 1 aromatic heterocycles. The van der Waals surface area contributed by atoms with Crippen LogP contribution in [0.5, 0.6) is 0 Å². The van der Waals surface area contributed by atoms with Gasteiger partial charge in [0.1, 0.15) is 0 Å². The third-order valence-corrected chi connectivity index (χ3v) is 3.87. The van der Waals surface area contributed by atoms with Gasteiger partial charge in [-0.1, -0.05) is 6.92 Å².